The highest BCUT2D eigenvalue weighted by Crippen LogP contribution is 2.18. The monoisotopic (exact) mass is 239 g/mol. The van der Waals surface area contributed by atoms with Crippen LogP contribution in [0, 0.1) is 5.92 Å². The van der Waals surface area contributed by atoms with Gasteiger partial charge in [0.1, 0.15) is 0 Å². The van der Waals surface area contributed by atoms with Crippen molar-refractivity contribution in [3.8, 4) is 0 Å². The van der Waals surface area contributed by atoms with E-state index in [1.165, 1.54) is 52.0 Å². The maximum atomic E-state index is 3.64. The third-order valence-electron chi connectivity index (χ3n) is 4.10. The highest BCUT2D eigenvalue weighted by molar-refractivity contribution is 4.86. The van der Waals surface area contributed by atoms with E-state index in [9.17, 15) is 0 Å². The number of nitrogens with zero attached hydrogens (tertiary/aromatic N) is 2. The summed E-state index contributed by atoms with van der Waals surface area (Å²) in [5.74, 6) is 0.780. The van der Waals surface area contributed by atoms with Crippen LogP contribution in [0.2, 0.25) is 0 Å². The first-order valence-corrected chi connectivity index (χ1v) is 7.31. The van der Waals surface area contributed by atoms with Crippen LogP contribution in [-0.2, 0) is 0 Å². The SMILES string of the molecule is CC(C)CN(CC1CCCN1)C1CCN(C)C1. The van der Waals surface area contributed by atoms with E-state index in [1.807, 2.05) is 0 Å². The molecule has 2 fully saturated rings. The van der Waals surface area contributed by atoms with Gasteiger partial charge in [0.15, 0.2) is 0 Å². The summed E-state index contributed by atoms with van der Waals surface area (Å²) < 4.78 is 0. The maximum Gasteiger partial charge on any atom is 0.0235 e. The number of hydrogen-bond acceptors (Lipinski definition) is 3. The molecule has 2 heterocycles. The average Bonchev–Trinajstić information content (AvgIpc) is 2.87. The lowest BCUT2D eigenvalue weighted by Gasteiger charge is -2.32. The van der Waals surface area contributed by atoms with E-state index in [0.29, 0.717) is 0 Å². The molecule has 17 heavy (non-hydrogen) atoms. The van der Waals surface area contributed by atoms with Crippen molar-refractivity contribution in [2.75, 3.05) is 39.8 Å². The lowest BCUT2D eigenvalue weighted by atomic mass is 10.1. The van der Waals surface area contributed by atoms with E-state index < -0.39 is 0 Å². The van der Waals surface area contributed by atoms with E-state index in [4.69, 9.17) is 0 Å². The summed E-state index contributed by atoms with van der Waals surface area (Å²) in [5, 5.41) is 3.64. The molecule has 0 aromatic rings. The van der Waals surface area contributed by atoms with Crippen LogP contribution in [0.3, 0.4) is 0 Å². The fourth-order valence-corrected chi connectivity index (χ4v) is 3.25. The molecule has 2 saturated heterocycles. The Morgan fingerprint density at radius 1 is 1.35 bits per heavy atom. The quantitative estimate of drug-likeness (QED) is 0.782. The normalized spacial score (nSPS) is 30.9. The molecule has 100 valence electrons. The number of hydrogen-bond donors (Lipinski definition) is 1. The van der Waals surface area contributed by atoms with Crippen molar-refractivity contribution in [3.63, 3.8) is 0 Å². The summed E-state index contributed by atoms with van der Waals surface area (Å²) in [6, 6.07) is 1.55. The van der Waals surface area contributed by atoms with Crippen molar-refractivity contribution in [1.29, 1.82) is 0 Å². The first-order valence-electron chi connectivity index (χ1n) is 7.31. The molecule has 2 unspecified atom stereocenters. The van der Waals surface area contributed by atoms with Gasteiger partial charge in [-0.15, -0.1) is 0 Å². The van der Waals surface area contributed by atoms with Crippen LogP contribution in [-0.4, -0.2) is 61.7 Å². The molecular formula is C14H29N3. The second-order valence-electron chi connectivity index (χ2n) is 6.35. The van der Waals surface area contributed by atoms with Crippen molar-refractivity contribution in [2.45, 2.75) is 45.2 Å². The molecule has 0 aromatic heterocycles. The van der Waals surface area contributed by atoms with Gasteiger partial charge in [0.25, 0.3) is 0 Å². The molecule has 2 aliphatic heterocycles. The standard InChI is InChI=1S/C14H29N3/c1-12(2)9-17(10-13-5-4-7-15-13)14-6-8-16(3)11-14/h12-15H,4-11H2,1-3H3. The van der Waals surface area contributed by atoms with Crippen molar-refractivity contribution in [1.82, 2.24) is 15.1 Å². The van der Waals surface area contributed by atoms with Gasteiger partial charge in [0.05, 0.1) is 0 Å². The highest BCUT2D eigenvalue weighted by atomic mass is 15.3. The van der Waals surface area contributed by atoms with Gasteiger partial charge in [-0.05, 0) is 45.3 Å². The summed E-state index contributed by atoms with van der Waals surface area (Å²) in [6.45, 7) is 11.0. The molecule has 0 amide bonds. The highest BCUT2D eigenvalue weighted by Gasteiger charge is 2.28. The Balaban J connectivity index is 1.87. The Labute approximate surface area is 107 Å². The molecule has 0 aromatic carbocycles. The van der Waals surface area contributed by atoms with Crippen molar-refractivity contribution in [2.24, 2.45) is 5.92 Å². The van der Waals surface area contributed by atoms with Crippen LogP contribution in [0.15, 0.2) is 0 Å². The van der Waals surface area contributed by atoms with E-state index in [2.05, 4.69) is 36.0 Å². The second-order valence-corrected chi connectivity index (χ2v) is 6.35. The molecule has 2 rings (SSSR count). The Morgan fingerprint density at radius 2 is 2.18 bits per heavy atom. The minimum Gasteiger partial charge on any atom is -0.313 e. The molecule has 0 saturated carbocycles. The van der Waals surface area contributed by atoms with Crippen molar-refractivity contribution < 1.29 is 0 Å². The zero-order valence-corrected chi connectivity index (χ0v) is 11.8. The van der Waals surface area contributed by atoms with Gasteiger partial charge in [0.2, 0.25) is 0 Å². The predicted molar refractivity (Wildman–Crippen MR) is 73.3 cm³/mol. The zero-order valence-electron chi connectivity index (χ0n) is 11.8. The van der Waals surface area contributed by atoms with Gasteiger partial charge in [-0.25, -0.2) is 0 Å². The molecule has 2 aliphatic rings. The predicted octanol–water partition coefficient (Wildman–Crippen LogP) is 1.40. The van der Waals surface area contributed by atoms with Gasteiger partial charge in [-0.2, -0.15) is 0 Å². The molecule has 1 N–H and O–H groups in total. The molecule has 2 atom stereocenters. The van der Waals surface area contributed by atoms with Gasteiger partial charge >= 0.3 is 0 Å². The minimum absolute atomic E-state index is 0.750. The van der Waals surface area contributed by atoms with Crippen LogP contribution >= 0.6 is 0 Å². The Hall–Kier alpha value is -0.120. The van der Waals surface area contributed by atoms with Crippen LogP contribution in [0.4, 0.5) is 0 Å². The number of rotatable bonds is 5. The van der Waals surface area contributed by atoms with Gasteiger partial charge < -0.3 is 10.2 Å². The Morgan fingerprint density at radius 3 is 2.71 bits per heavy atom. The van der Waals surface area contributed by atoms with Gasteiger partial charge in [-0.1, -0.05) is 13.8 Å². The summed E-state index contributed by atoms with van der Waals surface area (Å²) in [5.41, 5.74) is 0. The molecule has 0 bridgehead atoms. The fourth-order valence-electron chi connectivity index (χ4n) is 3.25. The molecular weight excluding hydrogens is 210 g/mol. The lowest BCUT2D eigenvalue weighted by Crippen LogP contribution is -2.46. The van der Waals surface area contributed by atoms with E-state index in [1.54, 1.807) is 0 Å². The summed E-state index contributed by atoms with van der Waals surface area (Å²) in [7, 11) is 2.25. The average molecular weight is 239 g/mol. The summed E-state index contributed by atoms with van der Waals surface area (Å²) >= 11 is 0. The van der Waals surface area contributed by atoms with Crippen molar-refractivity contribution in [3.05, 3.63) is 0 Å². The topological polar surface area (TPSA) is 18.5 Å². The summed E-state index contributed by atoms with van der Waals surface area (Å²) in [4.78, 5) is 5.22. The Kier molecular flexibility index (Phi) is 4.83. The van der Waals surface area contributed by atoms with Crippen LogP contribution in [0.25, 0.3) is 0 Å². The van der Waals surface area contributed by atoms with Gasteiger partial charge in [-0.3, -0.25) is 4.90 Å². The van der Waals surface area contributed by atoms with Crippen LogP contribution in [0.5, 0.6) is 0 Å². The largest absolute Gasteiger partial charge is 0.313 e. The molecule has 0 radical (unpaired) electrons. The lowest BCUT2D eigenvalue weighted by molar-refractivity contribution is 0.163. The number of likely N-dealkylation sites (tertiary alicyclic amines) is 1. The third kappa shape index (κ3) is 3.94. The minimum atomic E-state index is 0.750. The van der Waals surface area contributed by atoms with E-state index in [-0.39, 0.29) is 0 Å². The second kappa shape index (κ2) is 6.17. The molecule has 0 spiro atoms. The number of likely N-dealkylation sites (N-methyl/N-ethyl adjacent to an activating group) is 1. The molecule has 3 nitrogen and oxygen atoms in total. The third-order valence-corrected chi connectivity index (χ3v) is 4.10. The zero-order chi connectivity index (χ0) is 12.3. The smallest absolute Gasteiger partial charge is 0.0235 e. The van der Waals surface area contributed by atoms with Gasteiger partial charge in [0, 0.05) is 31.7 Å². The maximum absolute atomic E-state index is 3.64. The molecule has 0 aliphatic carbocycles. The Bertz CT molecular complexity index is 224. The molecule has 3 heteroatoms. The first-order chi connectivity index (χ1) is 8.15. The van der Waals surface area contributed by atoms with E-state index >= 15 is 0 Å². The van der Waals surface area contributed by atoms with Crippen LogP contribution < -0.4 is 5.32 Å². The van der Waals surface area contributed by atoms with E-state index in [0.717, 1.165) is 18.0 Å². The number of nitrogens with one attached hydrogen (secondary N) is 1. The first kappa shape index (κ1) is 13.3. The van der Waals surface area contributed by atoms with Crippen LogP contribution in [0.1, 0.15) is 33.1 Å². The fraction of sp³-hybridized carbons (Fsp3) is 1.00. The van der Waals surface area contributed by atoms with Crippen molar-refractivity contribution >= 4 is 0 Å². The summed E-state index contributed by atoms with van der Waals surface area (Å²) in [6.07, 6.45) is 4.10.